The van der Waals surface area contributed by atoms with E-state index in [0.717, 1.165) is 24.1 Å². The number of carbonyl (C=O) groups is 1. The van der Waals surface area contributed by atoms with Gasteiger partial charge in [0.05, 0.1) is 7.11 Å². The Morgan fingerprint density at radius 2 is 2.00 bits per heavy atom. The molecule has 146 valence electrons. The van der Waals surface area contributed by atoms with Crippen LogP contribution in [0, 0.1) is 0 Å². The standard InChI is InChI=1S/C18H21N3O4S.ClH/c1-20-26(23,24)17-11-12(8-9-16(17)25-2)18(22)21-10-4-5-13-14(19)6-3-7-15(13)21;/h3,6-9,11,20H,4-5,10,19H2,1-2H3;1H. The maximum absolute atomic E-state index is 13.1. The number of halogens is 1. The molecule has 0 spiro atoms. The summed E-state index contributed by atoms with van der Waals surface area (Å²) in [4.78, 5) is 14.6. The normalized spacial score (nSPS) is 13.5. The van der Waals surface area contributed by atoms with Crippen LogP contribution in [0.4, 0.5) is 11.4 Å². The van der Waals surface area contributed by atoms with Crippen molar-refractivity contribution in [3.05, 3.63) is 47.5 Å². The Hall–Kier alpha value is -2.29. The van der Waals surface area contributed by atoms with Gasteiger partial charge in [-0.1, -0.05) is 6.07 Å². The van der Waals surface area contributed by atoms with Crippen LogP contribution in [0.5, 0.6) is 5.75 Å². The van der Waals surface area contributed by atoms with Gasteiger partial charge < -0.3 is 15.4 Å². The fourth-order valence-corrected chi connectivity index (χ4v) is 4.07. The van der Waals surface area contributed by atoms with Crippen molar-refractivity contribution in [2.75, 3.05) is 31.3 Å². The SMILES string of the molecule is CNS(=O)(=O)c1cc(C(=O)N2CCCc3c(N)cccc32)ccc1OC.Cl. The summed E-state index contributed by atoms with van der Waals surface area (Å²) < 4.78 is 31.9. The molecule has 9 heteroatoms. The summed E-state index contributed by atoms with van der Waals surface area (Å²) >= 11 is 0. The number of nitrogens with zero attached hydrogens (tertiary/aromatic N) is 1. The molecule has 3 rings (SSSR count). The molecule has 0 bridgehead atoms. The van der Waals surface area contributed by atoms with Crippen LogP contribution in [0.3, 0.4) is 0 Å². The van der Waals surface area contributed by atoms with Gasteiger partial charge >= 0.3 is 0 Å². The van der Waals surface area contributed by atoms with E-state index in [1.165, 1.54) is 26.3 Å². The minimum absolute atomic E-state index is 0. The molecule has 0 aliphatic carbocycles. The molecule has 0 saturated heterocycles. The Bertz CT molecular complexity index is 963. The molecular formula is C18H22ClN3O4S. The average molecular weight is 412 g/mol. The quantitative estimate of drug-likeness (QED) is 0.751. The zero-order valence-corrected chi connectivity index (χ0v) is 16.7. The van der Waals surface area contributed by atoms with Crippen molar-refractivity contribution in [1.29, 1.82) is 0 Å². The lowest BCUT2D eigenvalue weighted by molar-refractivity contribution is 0.0985. The molecule has 0 saturated carbocycles. The number of sulfonamides is 1. The second-order valence-electron chi connectivity index (χ2n) is 5.98. The zero-order valence-electron chi connectivity index (χ0n) is 15.1. The molecule has 0 radical (unpaired) electrons. The highest BCUT2D eigenvalue weighted by Crippen LogP contribution is 2.33. The van der Waals surface area contributed by atoms with Gasteiger partial charge in [-0.15, -0.1) is 12.4 Å². The highest BCUT2D eigenvalue weighted by atomic mass is 35.5. The molecule has 2 aromatic carbocycles. The summed E-state index contributed by atoms with van der Waals surface area (Å²) in [6, 6.07) is 9.88. The number of nitrogens with two attached hydrogens (primary N) is 1. The second kappa shape index (κ2) is 8.16. The molecule has 1 amide bonds. The molecule has 1 aliphatic heterocycles. The van der Waals surface area contributed by atoms with Crippen LogP contribution >= 0.6 is 12.4 Å². The summed E-state index contributed by atoms with van der Waals surface area (Å²) in [5.74, 6) is -0.0917. The monoisotopic (exact) mass is 411 g/mol. The highest BCUT2D eigenvalue weighted by Gasteiger charge is 2.27. The molecule has 0 atom stereocenters. The number of nitrogens with one attached hydrogen (secondary N) is 1. The fourth-order valence-electron chi connectivity index (χ4n) is 3.15. The van der Waals surface area contributed by atoms with Gasteiger partial charge in [-0.25, -0.2) is 13.1 Å². The first-order valence-electron chi connectivity index (χ1n) is 8.20. The molecule has 3 N–H and O–H groups in total. The highest BCUT2D eigenvalue weighted by molar-refractivity contribution is 7.89. The Morgan fingerprint density at radius 3 is 2.67 bits per heavy atom. The Kier molecular flexibility index (Phi) is 6.35. The van der Waals surface area contributed by atoms with E-state index in [1.807, 2.05) is 18.2 Å². The molecule has 0 aromatic heterocycles. The van der Waals surface area contributed by atoms with Crippen LogP contribution in [0.2, 0.25) is 0 Å². The number of carbonyl (C=O) groups excluding carboxylic acids is 1. The van der Waals surface area contributed by atoms with Crippen LogP contribution in [-0.4, -0.2) is 35.0 Å². The zero-order chi connectivity index (χ0) is 18.9. The summed E-state index contributed by atoms with van der Waals surface area (Å²) in [6.45, 7) is 0.551. The molecule has 2 aromatic rings. The van der Waals surface area contributed by atoms with Gasteiger partial charge in [0.25, 0.3) is 5.91 Å². The molecule has 7 nitrogen and oxygen atoms in total. The van der Waals surface area contributed by atoms with Crippen molar-refractivity contribution in [2.24, 2.45) is 0 Å². The van der Waals surface area contributed by atoms with Crippen molar-refractivity contribution in [3.63, 3.8) is 0 Å². The minimum atomic E-state index is -3.76. The van der Waals surface area contributed by atoms with Gasteiger partial charge in [-0.3, -0.25) is 4.79 Å². The lowest BCUT2D eigenvalue weighted by Gasteiger charge is -2.30. The Morgan fingerprint density at radius 1 is 1.26 bits per heavy atom. The third-order valence-electron chi connectivity index (χ3n) is 4.50. The number of anilines is 2. The van der Waals surface area contributed by atoms with Crippen LogP contribution in [-0.2, 0) is 16.4 Å². The Balaban J connectivity index is 0.00000261. The summed E-state index contributed by atoms with van der Waals surface area (Å²) in [5.41, 5.74) is 8.69. The number of methoxy groups -OCH3 is 1. The first kappa shape index (κ1) is 21.0. The van der Waals surface area contributed by atoms with Crippen LogP contribution < -0.4 is 20.1 Å². The molecular weight excluding hydrogens is 390 g/mol. The third kappa shape index (κ3) is 3.87. The van der Waals surface area contributed by atoms with E-state index in [-0.39, 0.29) is 34.5 Å². The molecule has 1 heterocycles. The van der Waals surface area contributed by atoms with Gasteiger partial charge in [0, 0.05) is 23.5 Å². The van der Waals surface area contributed by atoms with Crippen molar-refractivity contribution < 1.29 is 17.9 Å². The predicted molar refractivity (Wildman–Crippen MR) is 107 cm³/mol. The van der Waals surface area contributed by atoms with E-state index in [9.17, 15) is 13.2 Å². The maximum Gasteiger partial charge on any atom is 0.258 e. The second-order valence-corrected chi connectivity index (χ2v) is 7.83. The number of benzene rings is 2. The van der Waals surface area contributed by atoms with Gasteiger partial charge in [-0.05, 0) is 55.8 Å². The van der Waals surface area contributed by atoms with Gasteiger partial charge in [0.2, 0.25) is 10.0 Å². The summed E-state index contributed by atoms with van der Waals surface area (Å²) in [6.07, 6.45) is 1.61. The van der Waals surface area contributed by atoms with E-state index in [0.29, 0.717) is 12.2 Å². The van der Waals surface area contributed by atoms with E-state index >= 15 is 0 Å². The molecule has 0 fully saturated rings. The molecule has 0 unspecified atom stereocenters. The van der Waals surface area contributed by atoms with Crippen LogP contribution in [0.25, 0.3) is 0 Å². The number of nitrogen functional groups attached to an aromatic ring is 1. The minimum Gasteiger partial charge on any atom is -0.495 e. The predicted octanol–water partition coefficient (Wildman–Crippen LogP) is 2.20. The smallest absolute Gasteiger partial charge is 0.258 e. The van der Waals surface area contributed by atoms with Crippen LogP contribution in [0.1, 0.15) is 22.3 Å². The van der Waals surface area contributed by atoms with E-state index in [2.05, 4.69) is 4.72 Å². The first-order chi connectivity index (χ1) is 12.4. The third-order valence-corrected chi connectivity index (χ3v) is 5.94. The summed E-state index contributed by atoms with van der Waals surface area (Å²) in [7, 11) is -1.06. The summed E-state index contributed by atoms with van der Waals surface area (Å²) in [5, 5.41) is 0. The largest absolute Gasteiger partial charge is 0.495 e. The van der Waals surface area contributed by atoms with Crippen molar-refractivity contribution >= 4 is 39.7 Å². The number of ether oxygens (including phenoxy) is 1. The maximum atomic E-state index is 13.1. The van der Waals surface area contributed by atoms with E-state index in [4.69, 9.17) is 10.5 Å². The number of amides is 1. The fraction of sp³-hybridized carbons (Fsp3) is 0.278. The number of fused-ring (bicyclic) bond motifs is 1. The topological polar surface area (TPSA) is 102 Å². The van der Waals surface area contributed by atoms with Crippen molar-refractivity contribution in [3.8, 4) is 5.75 Å². The first-order valence-corrected chi connectivity index (χ1v) is 9.68. The Labute approximate surface area is 165 Å². The number of hydrogen-bond acceptors (Lipinski definition) is 5. The lowest BCUT2D eigenvalue weighted by Crippen LogP contribution is -2.36. The van der Waals surface area contributed by atoms with Crippen LogP contribution in [0.15, 0.2) is 41.3 Å². The molecule has 27 heavy (non-hydrogen) atoms. The number of hydrogen-bond donors (Lipinski definition) is 2. The van der Waals surface area contributed by atoms with Crippen molar-refractivity contribution in [1.82, 2.24) is 4.72 Å². The van der Waals surface area contributed by atoms with E-state index < -0.39 is 10.0 Å². The van der Waals surface area contributed by atoms with Crippen molar-refractivity contribution in [2.45, 2.75) is 17.7 Å². The van der Waals surface area contributed by atoms with Gasteiger partial charge in [-0.2, -0.15) is 0 Å². The van der Waals surface area contributed by atoms with Gasteiger partial charge in [0.15, 0.2) is 0 Å². The van der Waals surface area contributed by atoms with Gasteiger partial charge in [0.1, 0.15) is 10.6 Å². The lowest BCUT2D eigenvalue weighted by atomic mass is 9.99. The average Bonchev–Trinajstić information content (AvgIpc) is 2.67. The molecule has 1 aliphatic rings. The van der Waals surface area contributed by atoms with E-state index in [1.54, 1.807) is 11.0 Å². The number of rotatable bonds is 4.